The number of aryl methyl sites for hydroxylation is 1. The van der Waals surface area contributed by atoms with E-state index < -0.39 is 0 Å². The monoisotopic (exact) mass is 191 g/mol. The van der Waals surface area contributed by atoms with Gasteiger partial charge in [0, 0.05) is 5.54 Å². The summed E-state index contributed by atoms with van der Waals surface area (Å²) in [4.78, 5) is 0. The maximum absolute atomic E-state index is 6.03. The molecule has 2 rings (SSSR count). The minimum Gasteiger partial charge on any atom is -0.497 e. The molecule has 0 saturated heterocycles. The summed E-state index contributed by atoms with van der Waals surface area (Å²) in [5.41, 5.74) is 7.51. The van der Waals surface area contributed by atoms with Crippen molar-refractivity contribution in [2.24, 2.45) is 5.73 Å². The first-order chi connectivity index (χ1) is 6.72. The Kier molecular flexibility index (Phi) is 2.46. The van der Waals surface area contributed by atoms with Crippen LogP contribution in [0.1, 0.15) is 24.8 Å². The number of hydrogen-bond acceptors (Lipinski definition) is 2. The third-order valence-corrected chi connectivity index (χ3v) is 2.94. The second-order valence-corrected chi connectivity index (χ2v) is 4.21. The van der Waals surface area contributed by atoms with Crippen molar-refractivity contribution in [3.05, 3.63) is 29.8 Å². The van der Waals surface area contributed by atoms with Gasteiger partial charge in [-0.25, -0.2) is 0 Å². The van der Waals surface area contributed by atoms with Crippen LogP contribution < -0.4 is 10.5 Å². The van der Waals surface area contributed by atoms with Gasteiger partial charge in [0.2, 0.25) is 0 Å². The topological polar surface area (TPSA) is 35.2 Å². The Morgan fingerprint density at radius 3 is 2.86 bits per heavy atom. The van der Waals surface area contributed by atoms with E-state index in [0.717, 1.165) is 18.6 Å². The van der Waals surface area contributed by atoms with Gasteiger partial charge in [0.1, 0.15) is 5.75 Å². The summed E-state index contributed by atoms with van der Waals surface area (Å²) in [6, 6.07) is 8.23. The van der Waals surface area contributed by atoms with Crippen molar-refractivity contribution in [1.29, 1.82) is 0 Å². The molecule has 0 aliphatic heterocycles. The molecule has 0 atom stereocenters. The van der Waals surface area contributed by atoms with E-state index in [4.69, 9.17) is 10.5 Å². The lowest BCUT2D eigenvalue weighted by atomic mass is 10.0. The number of benzene rings is 1. The quantitative estimate of drug-likeness (QED) is 0.791. The molecule has 2 heteroatoms. The SMILES string of the molecule is COc1cccc(CCC2(N)CC2)c1. The number of methoxy groups -OCH3 is 1. The fraction of sp³-hybridized carbons (Fsp3) is 0.500. The van der Waals surface area contributed by atoms with Gasteiger partial charge in [-0.05, 0) is 43.4 Å². The molecule has 1 saturated carbocycles. The molecule has 1 aliphatic carbocycles. The first-order valence-electron chi connectivity index (χ1n) is 5.14. The van der Waals surface area contributed by atoms with E-state index in [9.17, 15) is 0 Å². The van der Waals surface area contributed by atoms with Crippen LogP contribution in [0.5, 0.6) is 5.75 Å². The Hall–Kier alpha value is -1.02. The lowest BCUT2D eigenvalue weighted by Gasteiger charge is -2.08. The van der Waals surface area contributed by atoms with E-state index in [1.807, 2.05) is 12.1 Å². The molecule has 0 radical (unpaired) electrons. The molecule has 1 aliphatic rings. The number of nitrogens with two attached hydrogens (primary N) is 1. The van der Waals surface area contributed by atoms with Gasteiger partial charge in [-0.15, -0.1) is 0 Å². The fourth-order valence-corrected chi connectivity index (χ4v) is 1.63. The Labute approximate surface area is 85.1 Å². The van der Waals surface area contributed by atoms with Gasteiger partial charge in [0.25, 0.3) is 0 Å². The van der Waals surface area contributed by atoms with Crippen molar-refractivity contribution in [2.75, 3.05) is 7.11 Å². The lowest BCUT2D eigenvalue weighted by molar-refractivity contribution is 0.414. The largest absolute Gasteiger partial charge is 0.497 e. The van der Waals surface area contributed by atoms with Crippen molar-refractivity contribution in [1.82, 2.24) is 0 Å². The van der Waals surface area contributed by atoms with Crippen molar-refractivity contribution >= 4 is 0 Å². The highest BCUT2D eigenvalue weighted by Gasteiger charge is 2.37. The maximum atomic E-state index is 6.03. The summed E-state index contributed by atoms with van der Waals surface area (Å²) in [5.74, 6) is 0.935. The van der Waals surface area contributed by atoms with Crippen LogP contribution >= 0.6 is 0 Å². The first-order valence-corrected chi connectivity index (χ1v) is 5.14. The zero-order valence-electron chi connectivity index (χ0n) is 8.62. The normalized spacial score (nSPS) is 17.9. The van der Waals surface area contributed by atoms with Crippen LogP contribution in [0, 0.1) is 0 Å². The van der Waals surface area contributed by atoms with E-state index in [1.54, 1.807) is 7.11 Å². The number of ether oxygens (including phenoxy) is 1. The summed E-state index contributed by atoms with van der Waals surface area (Å²) >= 11 is 0. The lowest BCUT2D eigenvalue weighted by Crippen LogP contribution is -2.22. The molecule has 2 nitrogen and oxygen atoms in total. The second kappa shape index (κ2) is 3.62. The summed E-state index contributed by atoms with van der Waals surface area (Å²) in [6.45, 7) is 0. The van der Waals surface area contributed by atoms with Gasteiger partial charge in [0.15, 0.2) is 0 Å². The molecule has 14 heavy (non-hydrogen) atoms. The van der Waals surface area contributed by atoms with Crippen molar-refractivity contribution < 1.29 is 4.74 Å². The molecule has 76 valence electrons. The Balaban J connectivity index is 1.94. The van der Waals surface area contributed by atoms with Gasteiger partial charge in [0.05, 0.1) is 7.11 Å². The van der Waals surface area contributed by atoms with Crippen molar-refractivity contribution in [3.8, 4) is 5.75 Å². The molecule has 1 aromatic rings. The van der Waals surface area contributed by atoms with Crippen molar-refractivity contribution in [2.45, 2.75) is 31.2 Å². The van der Waals surface area contributed by atoms with Gasteiger partial charge in [-0.2, -0.15) is 0 Å². The van der Waals surface area contributed by atoms with Gasteiger partial charge >= 0.3 is 0 Å². The molecule has 0 amide bonds. The van der Waals surface area contributed by atoms with E-state index >= 15 is 0 Å². The third-order valence-electron chi connectivity index (χ3n) is 2.94. The third kappa shape index (κ3) is 2.26. The standard InChI is InChI=1S/C12H17NO/c1-14-11-4-2-3-10(9-11)5-6-12(13)7-8-12/h2-4,9H,5-8,13H2,1H3. The smallest absolute Gasteiger partial charge is 0.119 e. The van der Waals surface area contributed by atoms with Crippen LogP contribution in [0.25, 0.3) is 0 Å². The van der Waals surface area contributed by atoms with Crippen LogP contribution in [0.4, 0.5) is 0 Å². The highest BCUT2D eigenvalue weighted by atomic mass is 16.5. The van der Waals surface area contributed by atoms with Crippen LogP contribution in [0.15, 0.2) is 24.3 Å². The predicted molar refractivity (Wildman–Crippen MR) is 57.5 cm³/mol. The van der Waals surface area contributed by atoms with E-state index in [2.05, 4.69) is 12.1 Å². The number of hydrogen-bond donors (Lipinski definition) is 1. The van der Waals surface area contributed by atoms with Crippen molar-refractivity contribution in [3.63, 3.8) is 0 Å². The van der Waals surface area contributed by atoms with E-state index in [1.165, 1.54) is 18.4 Å². The highest BCUT2D eigenvalue weighted by Crippen LogP contribution is 2.36. The molecular formula is C12H17NO. The van der Waals surface area contributed by atoms with Gasteiger partial charge in [-0.3, -0.25) is 0 Å². The van der Waals surface area contributed by atoms with E-state index in [0.29, 0.717) is 0 Å². The highest BCUT2D eigenvalue weighted by molar-refractivity contribution is 5.28. The summed E-state index contributed by atoms with van der Waals surface area (Å²) in [7, 11) is 1.70. The van der Waals surface area contributed by atoms with Crippen LogP contribution in [0.3, 0.4) is 0 Å². The minimum atomic E-state index is 0.156. The Morgan fingerprint density at radius 2 is 2.21 bits per heavy atom. The fourth-order valence-electron chi connectivity index (χ4n) is 1.63. The van der Waals surface area contributed by atoms with Crippen LogP contribution in [-0.4, -0.2) is 12.6 Å². The summed E-state index contributed by atoms with van der Waals surface area (Å²) < 4.78 is 5.17. The zero-order chi connectivity index (χ0) is 10.0. The molecule has 0 aromatic heterocycles. The summed E-state index contributed by atoms with van der Waals surface area (Å²) in [6.07, 6.45) is 4.54. The first kappa shape index (κ1) is 9.53. The van der Waals surface area contributed by atoms with E-state index in [-0.39, 0.29) is 5.54 Å². The number of rotatable bonds is 4. The molecular weight excluding hydrogens is 174 g/mol. The molecule has 0 spiro atoms. The Bertz CT molecular complexity index is 318. The average Bonchev–Trinajstić information content (AvgIpc) is 2.95. The molecule has 1 aromatic carbocycles. The molecule has 1 fully saturated rings. The predicted octanol–water partition coefficient (Wildman–Crippen LogP) is 2.12. The molecule has 0 bridgehead atoms. The minimum absolute atomic E-state index is 0.156. The second-order valence-electron chi connectivity index (χ2n) is 4.21. The molecule has 0 unspecified atom stereocenters. The Morgan fingerprint density at radius 1 is 1.43 bits per heavy atom. The average molecular weight is 191 g/mol. The molecule has 0 heterocycles. The van der Waals surface area contributed by atoms with Gasteiger partial charge in [-0.1, -0.05) is 12.1 Å². The van der Waals surface area contributed by atoms with Gasteiger partial charge < -0.3 is 10.5 Å². The summed E-state index contributed by atoms with van der Waals surface area (Å²) in [5, 5.41) is 0. The zero-order valence-corrected chi connectivity index (χ0v) is 8.62. The maximum Gasteiger partial charge on any atom is 0.119 e. The molecule has 2 N–H and O–H groups in total. The van der Waals surface area contributed by atoms with Crippen LogP contribution in [-0.2, 0) is 6.42 Å². The van der Waals surface area contributed by atoms with Crippen LogP contribution in [0.2, 0.25) is 0 Å².